The Balaban J connectivity index is 1.70. The predicted octanol–water partition coefficient (Wildman–Crippen LogP) is 3.45. The number of carbonyl (C=O) groups excluding carboxylic acids is 1. The number of rotatable bonds is 5. The molecular formula is C16H15N3O2S. The van der Waals surface area contributed by atoms with Crippen LogP contribution < -0.4 is 15.6 Å². The summed E-state index contributed by atoms with van der Waals surface area (Å²) in [7, 11) is 0. The maximum absolute atomic E-state index is 12.0. The van der Waals surface area contributed by atoms with Crippen molar-refractivity contribution in [1.82, 2.24) is 10.4 Å². The second-order valence-corrected chi connectivity index (χ2v) is 5.56. The molecule has 0 radical (unpaired) electrons. The molecule has 1 aromatic heterocycles. The van der Waals surface area contributed by atoms with Crippen molar-refractivity contribution in [1.29, 1.82) is 0 Å². The van der Waals surface area contributed by atoms with Crippen LogP contribution in [0.3, 0.4) is 0 Å². The number of nitrogens with zero attached hydrogens (tertiary/aromatic N) is 1. The first-order valence-corrected chi connectivity index (χ1v) is 7.72. The molecule has 1 heterocycles. The number of nitrogens with one attached hydrogen (secondary N) is 2. The Morgan fingerprint density at radius 1 is 1.23 bits per heavy atom. The third kappa shape index (κ3) is 3.17. The van der Waals surface area contributed by atoms with Gasteiger partial charge in [-0.1, -0.05) is 29.5 Å². The van der Waals surface area contributed by atoms with E-state index >= 15 is 0 Å². The highest BCUT2D eigenvalue weighted by atomic mass is 32.1. The molecule has 22 heavy (non-hydrogen) atoms. The molecule has 5 nitrogen and oxygen atoms in total. The lowest BCUT2D eigenvalue weighted by molar-refractivity contribution is 0.0962. The maximum atomic E-state index is 12.0. The summed E-state index contributed by atoms with van der Waals surface area (Å²) in [5, 5.41) is 0.632. The van der Waals surface area contributed by atoms with Crippen LogP contribution in [0, 0.1) is 0 Å². The highest BCUT2D eigenvalue weighted by Crippen LogP contribution is 2.28. The van der Waals surface area contributed by atoms with Crippen molar-refractivity contribution in [2.24, 2.45) is 0 Å². The van der Waals surface area contributed by atoms with Crippen molar-refractivity contribution in [2.45, 2.75) is 6.92 Å². The van der Waals surface area contributed by atoms with Crippen LogP contribution in [0.1, 0.15) is 17.3 Å². The normalized spacial score (nSPS) is 10.4. The molecule has 6 heteroatoms. The van der Waals surface area contributed by atoms with Crippen LogP contribution in [0.5, 0.6) is 5.75 Å². The third-order valence-electron chi connectivity index (χ3n) is 2.99. The van der Waals surface area contributed by atoms with E-state index in [-0.39, 0.29) is 5.91 Å². The van der Waals surface area contributed by atoms with Gasteiger partial charge in [0, 0.05) is 5.56 Å². The molecule has 1 amide bonds. The van der Waals surface area contributed by atoms with Crippen LogP contribution in [0.15, 0.2) is 48.5 Å². The van der Waals surface area contributed by atoms with E-state index in [1.807, 2.05) is 43.3 Å². The van der Waals surface area contributed by atoms with E-state index in [9.17, 15) is 4.79 Å². The van der Waals surface area contributed by atoms with Crippen LogP contribution in [0.2, 0.25) is 0 Å². The molecule has 3 aromatic rings. The fourth-order valence-corrected chi connectivity index (χ4v) is 2.83. The number of benzene rings is 2. The van der Waals surface area contributed by atoms with Crippen molar-refractivity contribution in [3.63, 3.8) is 0 Å². The van der Waals surface area contributed by atoms with E-state index in [0.717, 1.165) is 16.0 Å². The van der Waals surface area contributed by atoms with E-state index in [2.05, 4.69) is 15.8 Å². The lowest BCUT2D eigenvalue weighted by Gasteiger charge is -2.04. The van der Waals surface area contributed by atoms with Gasteiger partial charge in [0.15, 0.2) is 0 Å². The summed E-state index contributed by atoms with van der Waals surface area (Å²) in [6, 6.07) is 14.8. The molecule has 0 spiro atoms. The van der Waals surface area contributed by atoms with Gasteiger partial charge >= 0.3 is 0 Å². The molecule has 0 aliphatic heterocycles. The molecule has 0 aliphatic rings. The Morgan fingerprint density at radius 2 is 2.05 bits per heavy atom. The van der Waals surface area contributed by atoms with Gasteiger partial charge in [-0.3, -0.25) is 15.6 Å². The molecule has 0 unspecified atom stereocenters. The summed E-state index contributed by atoms with van der Waals surface area (Å²) >= 11 is 1.46. The van der Waals surface area contributed by atoms with E-state index < -0.39 is 0 Å². The number of anilines is 1. The Kier molecular flexibility index (Phi) is 4.20. The van der Waals surface area contributed by atoms with Crippen molar-refractivity contribution in [2.75, 3.05) is 12.0 Å². The summed E-state index contributed by atoms with van der Waals surface area (Å²) < 4.78 is 6.47. The van der Waals surface area contributed by atoms with Crippen LogP contribution in [0.4, 0.5) is 5.13 Å². The molecule has 0 atom stereocenters. The number of aromatic nitrogens is 1. The minimum Gasteiger partial charge on any atom is -0.494 e. The zero-order valence-electron chi connectivity index (χ0n) is 12.0. The highest BCUT2D eigenvalue weighted by Gasteiger charge is 2.07. The average molecular weight is 313 g/mol. The number of thiazole rings is 1. The van der Waals surface area contributed by atoms with Crippen LogP contribution >= 0.6 is 11.3 Å². The zero-order chi connectivity index (χ0) is 15.4. The van der Waals surface area contributed by atoms with E-state index in [1.165, 1.54) is 11.3 Å². The molecule has 3 rings (SSSR count). The van der Waals surface area contributed by atoms with Gasteiger partial charge in [0.25, 0.3) is 5.91 Å². The number of ether oxygens (including phenoxy) is 1. The molecule has 0 fully saturated rings. The summed E-state index contributed by atoms with van der Waals surface area (Å²) in [5.41, 5.74) is 6.95. The zero-order valence-corrected chi connectivity index (χ0v) is 12.8. The SMILES string of the molecule is CCOc1ccc2nc(NNC(=O)c3ccccc3)sc2c1. The van der Waals surface area contributed by atoms with E-state index in [0.29, 0.717) is 17.3 Å². The molecule has 0 aliphatic carbocycles. The van der Waals surface area contributed by atoms with Gasteiger partial charge in [-0.15, -0.1) is 0 Å². The van der Waals surface area contributed by atoms with Gasteiger partial charge in [-0.2, -0.15) is 0 Å². The second-order valence-electron chi connectivity index (χ2n) is 4.53. The van der Waals surface area contributed by atoms with Crippen molar-refractivity contribution >= 4 is 32.6 Å². The monoisotopic (exact) mass is 313 g/mol. The van der Waals surface area contributed by atoms with Crippen LogP contribution in [0.25, 0.3) is 10.2 Å². The van der Waals surface area contributed by atoms with Crippen molar-refractivity contribution in [3.8, 4) is 5.75 Å². The lowest BCUT2D eigenvalue weighted by Crippen LogP contribution is -2.29. The van der Waals surface area contributed by atoms with Gasteiger partial charge in [-0.25, -0.2) is 4.98 Å². The van der Waals surface area contributed by atoms with Gasteiger partial charge in [-0.05, 0) is 37.3 Å². The lowest BCUT2D eigenvalue weighted by atomic mass is 10.2. The third-order valence-corrected chi connectivity index (χ3v) is 3.92. The minimum atomic E-state index is -0.199. The standard InChI is InChI=1S/C16H15N3O2S/c1-2-21-12-8-9-13-14(10-12)22-16(17-13)19-18-15(20)11-6-4-3-5-7-11/h3-10H,2H2,1H3,(H,17,19)(H,18,20). The number of fused-ring (bicyclic) bond motifs is 1. The molecular weight excluding hydrogens is 298 g/mol. The maximum Gasteiger partial charge on any atom is 0.269 e. The molecule has 0 bridgehead atoms. The summed E-state index contributed by atoms with van der Waals surface area (Å²) in [5.74, 6) is 0.619. The highest BCUT2D eigenvalue weighted by molar-refractivity contribution is 7.22. The smallest absolute Gasteiger partial charge is 0.269 e. The Hall–Kier alpha value is -2.60. The Labute approximate surface area is 131 Å². The summed E-state index contributed by atoms with van der Waals surface area (Å²) in [6.07, 6.45) is 0. The van der Waals surface area contributed by atoms with Gasteiger partial charge < -0.3 is 4.74 Å². The fourth-order valence-electron chi connectivity index (χ4n) is 1.99. The van der Waals surface area contributed by atoms with Crippen molar-refractivity contribution in [3.05, 3.63) is 54.1 Å². The topological polar surface area (TPSA) is 63.2 Å². The first-order chi connectivity index (χ1) is 10.8. The molecule has 0 saturated heterocycles. The van der Waals surface area contributed by atoms with E-state index in [4.69, 9.17) is 4.74 Å². The van der Waals surface area contributed by atoms with Crippen LogP contribution in [-0.2, 0) is 0 Å². The molecule has 2 aromatic carbocycles. The first kappa shape index (κ1) is 14.3. The number of carbonyl (C=O) groups is 1. The number of amides is 1. The average Bonchev–Trinajstić information content (AvgIpc) is 2.96. The van der Waals surface area contributed by atoms with Crippen molar-refractivity contribution < 1.29 is 9.53 Å². The largest absolute Gasteiger partial charge is 0.494 e. The molecule has 112 valence electrons. The van der Waals surface area contributed by atoms with Gasteiger partial charge in [0.05, 0.1) is 16.8 Å². The summed E-state index contributed by atoms with van der Waals surface area (Å²) in [6.45, 7) is 2.57. The van der Waals surface area contributed by atoms with E-state index in [1.54, 1.807) is 12.1 Å². The minimum absolute atomic E-state index is 0.199. The number of hydrogen-bond donors (Lipinski definition) is 2. The molecule has 2 N–H and O–H groups in total. The first-order valence-electron chi connectivity index (χ1n) is 6.91. The number of hydrogen-bond acceptors (Lipinski definition) is 5. The Morgan fingerprint density at radius 3 is 2.82 bits per heavy atom. The summed E-state index contributed by atoms with van der Waals surface area (Å²) in [4.78, 5) is 16.4. The quantitative estimate of drug-likeness (QED) is 0.708. The fraction of sp³-hybridized carbons (Fsp3) is 0.125. The number of hydrazine groups is 1. The molecule has 0 saturated carbocycles. The van der Waals surface area contributed by atoms with Crippen LogP contribution in [-0.4, -0.2) is 17.5 Å². The van der Waals surface area contributed by atoms with Gasteiger partial charge in [0.1, 0.15) is 5.75 Å². The van der Waals surface area contributed by atoms with Gasteiger partial charge in [0.2, 0.25) is 5.13 Å². The Bertz CT molecular complexity index is 786. The predicted molar refractivity (Wildman–Crippen MR) is 88.3 cm³/mol. The second kappa shape index (κ2) is 6.44.